The van der Waals surface area contributed by atoms with Crippen molar-refractivity contribution in [2.75, 3.05) is 7.11 Å². The van der Waals surface area contributed by atoms with Gasteiger partial charge < -0.3 is 4.74 Å². The number of hydrogen-bond acceptors (Lipinski definition) is 5. The van der Waals surface area contributed by atoms with Gasteiger partial charge in [-0.1, -0.05) is 20.8 Å². The van der Waals surface area contributed by atoms with Crippen LogP contribution in [-0.2, 0) is 23.8 Å². The molecule has 0 aromatic carbocycles. The van der Waals surface area contributed by atoms with Crippen molar-refractivity contribution < 1.29 is 22.1 Å². The fourth-order valence-corrected chi connectivity index (χ4v) is 5.81. The molecule has 5 nitrogen and oxygen atoms in total. The Hall–Kier alpha value is -0.620. The molecule has 19 heavy (non-hydrogen) atoms. The van der Waals surface area contributed by atoms with Crippen LogP contribution < -0.4 is 0 Å². The minimum atomic E-state index is -3.66. The Morgan fingerprint density at radius 3 is 2.53 bits per heavy atom. The summed E-state index contributed by atoms with van der Waals surface area (Å²) in [7, 11) is -2.34. The van der Waals surface area contributed by atoms with Crippen molar-refractivity contribution in [1.29, 1.82) is 0 Å². The average Bonchev–Trinajstić information content (AvgIpc) is 2.85. The second kappa shape index (κ2) is 5.05. The van der Waals surface area contributed by atoms with E-state index in [9.17, 15) is 13.2 Å². The summed E-state index contributed by atoms with van der Waals surface area (Å²) in [6.07, 6.45) is 1.09. The van der Waals surface area contributed by atoms with Crippen molar-refractivity contribution in [2.45, 2.75) is 45.0 Å². The summed E-state index contributed by atoms with van der Waals surface area (Å²) in [6.45, 7) is 5.96. The van der Waals surface area contributed by atoms with E-state index in [1.54, 1.807) is 0 Å². The second-order valence-electron chi connectivity index (χ2n) is 5.86. The lowest BCUT2D eigenvalue weighted by molar-refractivity contribution is -0.147. The number of hydrogen-bond donors (Lipinski definition) is 0. The Kier molecular flexibility index (Phi) is 3.93. The highest BCUT2D eigenvalue weighted by atomic mass is 32.2. The maximum Gasteiger partial charge on any atom is 0.310 e. The normalized spacial score (nSPS) is 40.4. The zero-order chi connectivity index (χ0) is 14.4. The van der Waals surface area contributed by atoms with E-state index in [0.717, 1.165) is 6.42 Å². The zero-order valence-electron chi connectivity index (χ0n) is 11.8. The number of methoxy groups -OCH3 is 1. The van der Waals surface area contributed by atoms with Crippen LogP contribution in [0, 0.1) is 23.7 Å². The second-order valence-corrected chi connectivity index (χ2v) is 7.58. The molecule has 0 spiro atoms. The Morgan fingerprint density at radius 2 is 2.05 bits per heavy atom. The van der Waals surface area contributed by atoms with Gasteiger partial charge in [-0.05, 0) is 24.7 Å². The van der Waals surface area contributed by atoms with Crippen molar-refractivity contribution in [2.24, 2.45) is 23.7 Å². The molecule has 0 aromatic heterocycles. The fourth-order valence-electron chi connectivity index (χ4n) is 3.67. The SMILES string of the molecule is CCC1OS(=O)(=O)C2C1CC(C(C)C)C2C(=O)OC. The summed E-state index contributed by atoms with van der Waals surface area (Å²) < 4.78 is 34.4. The van der Waals surface area contributed by atoms with Gasteiger partial charge in [0.15, 0.2) is 0 Å². The predicted molar refractivity (Wildman–Crippen MR) is 69.8 cm³/mol. The predicted octanol–water partition coefficient (Wildman–Crippen LogP) is 1.57. The standard InChI is InChI=1S/C13H22O5S/c1-5-10-9-6-8(7(2)3)11(13(14)17-4)12(9)19(15,16)18-10/h7-12H,5-6H2,1-4H3. The highest BCUT2D eigenvalue weighted by molar-refractivity contribution is 7.87. The maximum atomic E-state index is 12.2. The summed E-state index contributed by atoms with van der Waals surface area (Å²) in [5.41, 5.74) is 0. The molecule has 0 bridgehead atoms. The first-order valence-corrected chi connectivity index (χ1v) is 8.30. The zero-order valence-corrected chi connectivity index (χ0v) is 12.6. The summed E-state index contributed by atoms with van der Waals surface area (Å²) in [5, 5.41) is -0.725. The van der Waals surface area contributed by atoms with Crippen molar-refractivity contribution >= 4 is 16.1 Å². The van der Waals surface area contributed by atoms with Crippen LogP contribution in [0.1, 0.15) is 33.6 Å². The smallest absolute Gasteiger partial charge is 0.310 e. The molecule has 1 saturated carbocycles. The van der Waals surface area contributed by atoms with E-state index < -0.39 is 27.3 Å². The van der Waals surface area contributed by atoms with E-state index in [1.165, 1.54) is 7.11 Å². The molecule has 1 aliphatic heterocycles. The highest BCUT2D eigenvalue weighted by Crippen LogP contribution is 2.51. The van der Waals surface area contributed by atoms with Gasteiger partial charge in [0, 0.05) is 5.92 Å². The Morgan fingerprint density at radius 1 is 1.42 bits per heavy atom. The lowest BCUT2D eigenvalue weighted by atomic mass is 9.86. The lowest BCUT2D eigenvalue weighted by Crippen LogP contribution is -2.35. The number of carbonyl (C=O) groups excluding carboxylic acids is 1. The van der Waals surface area contributed by atoms with Crippen LogP contribution in [0.4, 0.5) is 0 Å². The van der Waals surface area contributed by atoms with Gasteiger partial charge in [0.25, 0.3) is 10.1 Å². The average molecular weight is 290 g/mol. The first-order valence-electron chi connectivity index (χ1n) is 6.83. The van der Waals surface area contributed by atoms with Crippen LogP contribution in [0.15, 0.2) is 0 Å². The minimum absolute atomic E-state index is 0.0511. The summed E-state index contributed by atoms with van der Waals surface area (Å²) in [4.78, 5) is 12.0. The number of fused-ring (bicyclic) bond motifs is 1. The molecule has 1 heterocycles. The number of ether oxygens (including phenoxy) is 1. The Balaban J connectivity index is 2.41. The molecule has 1 aliphatic carbocycles. The van der Waals surface area contributed by atoms with E-state index in [1.807, 2.05) is 20.8 Å². The molecule has 2 aliphatic rings. The lowest BCUT2D eigenvalue weighted by Gasteiger charge is -2.24. The molecular formula is C13H22O5S. The van der Waals surface area contributed by atoms with Gasteiger partial charge >= 0.3 is 5.97 Å². The summed E-state index contributed by atoms with van der Waals surface area (Å²) >= 11 is 0. The van der Waals surface area contributed by atoms with Gasteiger partial charge in [-0.2, -0.15) is 8.42 Å². The van der Waals surface area contributed by atoms with E-state index >= 15 is 0 Å². The first-order chi connectivity index (χ1) is 8.83. The molecule has 110 valence electrons. The summed E-state index contributed by atoms with van der Waals surface area (Å²) in [5.74, 6) is -0.782. The van der Waals surface area contributed by atoms with Gasteiger partial charge in [-0.25, -0.2) is 0 Å². The molecule has 0 amide bonds. The fraction of sp³-hybridized carbons (Fsp3) is 0.923. The number of esters is 1. The van der Waals surface area contributed by atoms with Crippen LogP contribution in [0.3, 0.4) is 0 Å². The highest BCUT2D eigenvalue weighted by Gasteiger charge is 2.61. The molecule has 0 aromatic rings. The van der Waals surface area contributed by atoms with Crippen LogP contribution in [0.25, 0.3) is 0 Å². The van der Waals surface area contributed by atoms with Crippen LogP contribution in [0.5, 0.6) is 0 Å². The van der Waals surface area contributed by atoms with Crippen molar-refractivity contribution in [1.82, 2.24) is 0 Å². The van der Waals surface area contributed by atoms with Gasteiger partial charge in [-0.3, -0.25) is 8.98 Å². The topological polar surface area (TPSA) is 69.7 Å². The van der Waals surface area contributed by atoms with E-state index in [-0.39, 0.29) is 23.9 Å². The third kappa shape index (κ3) is 2.29. The van der Waals surface area contributed by atoms with Gasteiger partial charge in [0.1, 0.15) is 5.25 Å². The molecule has 5 atom stereocenters. The molecule has 0 radical (unpaired) electrons. The monoisotopic (exact) mass is 290 g/mol. The molecule has 2 rings (SSSR count). The number of carbonyl (C=O) groups is 1. The Labute approximate surface area is 114 Å². The van der Waals surface area contributed by atoms with Crippen LogP contribution in [-0.4, -0.2) is 32.9 Å². The van der Waals surface area contributed by atoms with Crippen LogP contribution >= 0.6 is 0 Å². The largest absolute Gasteiger partial charge is 0.469 e. The maximum absolute atomic E-state index is 12.2. The van der Waals surface area contributed by atoms with Gasteiger partial charge in [-0.15, -0.1) is 0 Å². The summed E-state index contributed by atoms with van der Waals surface area (Å²) in [6, 6.07) is 0. The van der Waals surface area contributed by atoms with Gasteiger partial charge in [0.05, 0.1) is 19.1 Å². The van der Waals surface area contributed by atoms with E-state index in [4.69, 9.17) is 8.92 Å². The van der Waals surface area contributed by atoms with Crippen LogP contribution in [0.2, 0.25) is 0 Å². The molecule has 1 saturated heterocycles. The molecule has 6 heteroatoms. The van der Waals surface area contributed by atoms with Gasteiger partial charge in [0.2, 0.25) is 0 Å². The molecule has 5 unspecified atom stereocenters. The first kappa shape index (κ1) is 14.8. The molecule has 2 fully saturated rings. The molecular weight excluding hydrogens is 268 g/mol. The van der Waals surface area contributed by atoms with Crippen molar-refractivity contribution in [3.8, 4) is 0 Å². The third-order valence-electron chi connectivity index (χ3n) is 4.58. The third-order valence-corrected chi connectivity index (χ3v) is 6.41. The van der Waals surface area contributed by atoms with Crippen molar-refractivity contribution in [3.63, 3.8) is 0 Å². The van der Waals surface area contributed by atoms with Crippen molar-refractivity contribution in [3.05, 3.63) is 0 Å². The minimum Gasteiger partial charge on any atom is -0.469 e. The van der Waals surface area contributed by atoms with E-state index in [2.05, 4.69) is 0 Å². The quantitative estimate of drug-likeness (QED) is 0.583. The Bertz CT molecular complexity index is 456. The molecule has 0 N–H and O–H groups in total. The number of rotatable bonds is 3. The van der Waals surface area contributed by atoms with E-state index in [0.29, 0.717) is 6.42 Å².